The number of hydrogen-bond donors (Lipinski definition) is 1. The number of nitrogens with zero attached hydrogens (tertiary/aromatic N) is 2. The highest BCUT2D eigenvalue weighted by Crippen LogP contribution is 2.37. The summed E-state index contributed by atoms with van der Waals surface area (Å²) >= 11 is 0. The molecule has 38 heavy (non-hydrogen) atoms. The highest BCUT2D eigenvalue weighted by molar-refractivity contribution is 5.90. The van der Waals surface area contributed by atoms with Gasteiger partial charge in [0.25, 0.3) is 5.91 Å². The molecule has 7 heteroatoms. The molecule has 0 aliphatic heterocycles. The first-order chi connectivity index (χ1) is 18.6. The van der Waals surface area contributed by atoms with Crippen molar-refractivity contribution >= 4 is 22.8 Å². The lowest BCUT2D eigenvalue weighted by Crippen LogP contribution is -2.28. The number of fused-ring (bicyclic) bond motifs is 1. The Balaban J connectivity index is 1.40. The van der Waals surface area contributed by atoms with Gasteiger partial charge < -0.3 is 9.57 Å². The quantitative estimate of drug-likeness (QED) is 0.212. The normalized spacial score (nSPS) is 12.2. The highest BCUT2D eigenvalue weighted by atomic mass is 16.7. The number of carbonyl (C=O) groups is 2. The Bertz CT molecular complexity index is 1430. The molecule has 0 aliphatic carbocycles. The molecule has 1 heterocycles. The predicted molar refractivity (Wildman–Crippen MR) is 144 cm³/mol. The van der Waals surface area contributed by atoms with E-state index < -0.39 is 11.4 Å². The number of para-hydroxylation sites is 1. The third kappa shape index (κ3) is 6.16. The zero-order valence-electron chi connectivity index (χ0n) is 21.2. The van der Waals surface area contributed by atoms with Crippen LogP contribution in [0.1, 0.15) is 53.7 Å². The van der Waals surface area contributed by atoms with Gasteiger partial charge in [-0.05, 0) is 54.8 Å². The molecule has 1 unspecified atom stereocenters. The summed E-state index contributed by atoms with van der Waals surface area (Å²) in [5, 5.41) is 11.5. The van der Waals surface area contributed by atoms with Crippen LogP contribution in [0.3, 0.4) is 0 Å². The van der Waals surface area contributed by atoms with Crippen LogP contribution in [0, 0.1) is 11.3 Å². The summed E-state index contributed by atoms with van der Waals surface area (Å²) in [6.07, 6.45) is 2.74. The number of nitrogens with one attached hydrogen (secondary N) is 1. The van der Waals surface area contributed by atoms with Gasteiger partial charge >= 0.3 is 5.97 Å². The number of amides is 1. The SMILES string of the molecule is COc1ccc(C(C#N)(CCCCCC(=O)NOC(=O)c2ccccc2)c2ccc3ccccc3n2)cc1. The number of ether oxygens (including phenoxy) is 1. The first kappa shape index (κ1) is 26.4. The van der Waals surface area contributed by atoms with E-state index in [1.807, 2.05) is 60.7 Å². The summed E-state index contributed by atoms with van der Waals surface area (Å²) < 4.78 is 5.31. The van der Waals surface area contributed by atoms with Gasteiger partial charge in [-0.25, -0.2) is 4.79 Å². The number of rotatable bonds is 10. The van der Waals surface area contributed by atoms with Crippen LogP contribution < -0.4 is 10.2 Å². The van der Waals surface area contributed by atoms with Crippen LogP contribution >= 0.6 is 0 Å². The maximum Gasteiger partial charge on any atom is 0.362 e. The van der Waals surface area contributed by atoms with E-state index in [0.717, 1.165) is 16.5 Å². The third-order valence-electron chi connectivity index (χ3n) is 6.53. The van der Waals surface area contributed by atoms with Gasteiger partial charge in [0.15, 0.2) is 0 Å². The molecular weight excluding hydrogens is 478 g/mol. The monoisotopic (exact) mass is 507 g/mol. The number of carbonyl (C=O) groups excluding carboxylic acids is 2. The smallest absolute Gasteiger partial charge is 0.362 e. The van der Waals surface area contributed by atoms with Crippen LogP contribution in [-0.4, -0.2) is 24.0 Å². The minimum absolute atomic E-state index is 0.207. The lowest BCUT2D eigenvalue weighted by molar-refractivity contribution is -0.130. The second kappa shape index (κ2) is 12.5. The van der Waals surface area contributed by atoms with Crippen LogP contribution in [0.2, 0.25) is 0 Å². The lowest BCUT2D eigenvalue weighted by Gasteiger charge is -2.27. The minimum Gasteiger partial charge on any atom is -0.497 e. The van der Waals surface area contributed by atoms with Gasteiger partial charge in [-0.15, -0.1) is 0 Å². The largest absolute Gasteiger partial charge is 0.497 e. The van der Waals surface area contributed by atoms with Crippen molar-refractivity contribution < 1.29 is 19.2 Å². The molecule has 0 fully saturated rings. The van der Waals surface area contributed by atoms with Crippen molar-refractivity contribution in [2.24, 2.45) is 0 Å². The Kier molecular flexibility index (Phi) is 8.68. The summed E-state index contributed by atoms with van der Waals surface area (Å²) in [7, 11) is 1.61. The van der Waals surface area contributed by atoms with Crippen molar-refractivity contribution in [2.75, 3.05) is 7.11 Å². The van der Waals surface area contributed by atoms with Crippen LogP contribution in [0.25, 0.3) is 10.9 Å². The number of hydroxylamine groups is 1. The molecule has 7 nitrogen and oxygen atoms in total. The molecule has 0 spiro atoms. The number of pyridine rings is 1. The van der Waals surface area contributed by atoms with Crippen LogP contribution in [0.15, 0.2) is 91.0 Å². The summed E-state index contributed by atoms with van der Waals surface area (Å²) in [6, 6.07) is 30.3. The van der Waals surface area contributed by atoms with E-state index in [0.29, 0.717) is 42.7 Å². The molecule has 0 bridgehead atoms. The van der Waals surface area contributed by atoms with Gasteiger partial charge in [-0.3, -0.25) is 9.78 Å². The third-order valence-corrected chi connectivity index (χ3v) is 6.53. The molecule has 1 N–H and O–H groups in total. The van der Waals surface area contributed by atoms with E-state index in [2.05, 4.69) is 11.5 Å². The number of methoxy groups -OCH3 is 1. The van der Waals surface area contributed by atoms with E-state index >= 15 is 0 Å². The van der Waals surface area contributed by atoms with E-state index in [1.165, 1.54) is 0 Å². The first-order valence-electron chi connectivity index (χ1n) is 12.5. The molecule has 0 aliphatic rings. The van der Waals surface area contributed by atoms with Crippen molar-refractivity contribution in [1.29, 1.82) is 5.26 Å². The van der Waals surface area contributed by atoms with Gasteiger partial charge in [0.1, 0.15) is 11.2 Å². The van der Waals surface area contributed by atoms with Crippen molar-refractivity contribution in [3.8, 4) is 11.8 Å². The van der Waals surface area contributed by atoms with E-state index in [1.54, 1.807) is 37.4 Å². The van der Waals surface area contributed by atoms with Crippen molar-refractivity contribution in [3.63, 3.8) is 0 Å². The molecular formula is C31H29N3O4. The topological polar surface area (TPSA) is 101 Å². The fourth-order valence-electron chi connectivity index (χ4n) is 4.42. The van der Waals surface area contributed by atoms with E-state index in [4.69, 9.17) is 14.6 Å². The Labute approximate surface area is 222 Å². The van der Waals surface area contributed by atoms with Gasteiger partial charge in [-0.2, -0.15) is 10.7 Å². The molecule has 1 aromatic heterocycles. The van der Waals surface area contributed by atoms with Crippen LogP contribution in [0.4, 0.5) is 0 Å². The van der Waals surface area contributed by atoms with Gasteiger partial charge in [0.2, 0.25) is 0 Å². The highest BCUT2D eigenvalue weighted by Gasteiger charge is 2.36. The molecule has 0 saturated heterocycles. The zero-order valence-corrected chi connectivity index (χ0v) is 21.2. The number of benzene rings is 3. The first-order valence-corrected chi connectivity index (χ1v) is 12.5. The predicted octanol–water partition coefficient (Wildman–Crippen LogP) is 5.89. The summed E-state index contributed by atoms with van der Waals surface area (Å²) in [5.74, 6) is -0.265. The summed E-state index contributed by atoms with van der Waals surface area (Å²) in [5.41, 5.74) is 3.99. The molecule has 1 amide bonds. The zero-order chi connectivity index (χ0) is 26.8. The summed E-state index contributed by atoms with van der Waals surface area (Å²) in [4.78, 5) is 33.9. The van der Waals surface area contributed by atoms with Crippen molar-refractivity contribution in [2.45, 2.75) is 37.5 Å². The number of aromatic nitrogens is 1. The standard InChI is InChI=1S/C31H29N3O4/c1-37-26-18-16-25(17-19-26)31(22-32,28-20-15-23-10-7-8-13-27(23)33-28)21-9-3-6-14-29(35)34-38-30(36)24-11-4-2-5-12-24/h2,4-5,7-8,10-13,15-20H,3,6,9,14,21H2,1H3,(H,34,35). The number of nitriles is 1. The van der Waals surface area contributed by atoms with Gasteiger partial charge in [0.05, 0.1) is 30.0 Å². The lowest BCUT2D eigenvalue weighted by atomic mass is 9.74. The molecule has 4 rings (SSSR count). The van der Waals surface area contributed by atoms with Crippen molar-refractivity contribution in [1.82, 2.24) is 10.5 Å². The molecule has 192 valence electrons. The second-order valence-corrected chi connectivity index (χ2v) is 8.98. The Hall–Kier alpha value is -4.70. The Morgan fingerprint density at radius 3 is 2.37 bits per heavy atom. The van der Waals surface area contributed by atoms with E-state index in [-0.39, 0.29) is 12.3 Å². The molecule has 3 aromatic carbocycles. The average molecular weight is 508 g/mol. The van der Waals surface area contributed by atoms with Crippen LogP contribution in [0.5, 0.6) is 5.75 Å². The molecule has 4 aromatic rings. The van der Waals surface area contributed by atoms with Crippen LogP contribution in [-0.2, 0) is 15.0 Å². The minimum atomic E-state index is -0.955. The number of unbranched alkanes of at least 4 members (excludes halogenated alkanes) is 2. The van der Waals surface area contributed by atoms with Gasteiger partial charge in [-0.1, -0.05) is 67.4 Å². The maximum absolute atomic E-state index is 12.2. The molecule has 0 radical (unpaired) electrons. The van der Waals surface area contributed by atoms with Gasteiger partial charge in [0, 0.05) is 11.8 Å². The average Bonchev–Trinajstić information content (AvgIpc) is 2.98. The Morgan fingerprint density at radius 1 is 0.895 bits per heavy atom. The fourth-order valence-corrected chi connectivity index (χ4v) is 4.42. The number of hydrogen-bond acceptors (Lipinski definition) is 6. The van der Waals surface area contributed by atoms with E-state index in [9.17, 15) is 14.9 Å². The second-order valence-electron chi connectivity index (χ2n) is 8.98. The van der Waals surface area contributed by atoms with Crippen molar-refractivity contribution in [3.05, 3.63) is 108 Å². The molecule has 0 saturated carbocycles. The fraction of sp³-hybridized carbons (Fsp3) is 0.226. The molecule has 1 atom stereocenters. The Morgan fingerprint density at radius 2 is 1.63 bits per heavy atom. The summed E-state index contributed by atoms with van der Waals surface area (Å²) in [6.45, 7) is 0. The maximum atomic E-state index is 12.2.